The molecule has 114 valence electrons. The summed E-state index contributed by atoms with van der Waals surface area (Å²) < 4.78 is 22.9. The van der Waals surface area contributed by atoms with E-state index in [1.165, 1.54) is 21.6 Å². The van der Waals surface area contributed by atoms with Gasteiger partial charge in [-0.3, -0.25) is 0 Å². The van der Waals surface area contributed by atoms with E-state index < -0.39 is 9.84 Å². The largest absolute Gasteiger partial charge is 0.305 e. The quantitative estimate of drug-likeness (QED) is 0.914. The third kappa shape index (κ3) is 4.15. The molecule has 21 heavy (non-hydrogen) atoms. The topological polar surface area (TPSA) is 46.2 Å². The number of nitrogens with one attached hydrogen (secondary N) is 1. The van der Waals surface area contributed by atoms with Crippen molar-refractivity contribution in [2.24, 2.45) is 0 Å². The molecule has 0 saturated carbocycles. The molecule has 1 N–H and O–H groups in total. The van der Waals surface area contributed by atoms with Crippen molar-refractivity contribution in [2.45, 2.75) is 38.3 Å². The zero-order valence-electron chi connectivity index (χ0n) is 12.8. The van der Waals surface area contributed by atoms with Crippen LogP contribution in [0.3, 0.4) is 0 Å². The van der Waals surface area contributed by atoms with Gasteiger partial charge in [0.2, 0.25) is 0 Å². The number of aryl methyl sites for hydroxylation is 2. The van der Waals surface area contributed by atoms with E-state index in [1.807, 2.05) is 23.5 Å². The van der Waals surface area contributed by atoms with Gasteiger partial charge in [-0.1, -0.05) is 12.1 Å². The van der Waals surface area contributed by atoms with Crippen LogP contribution >= 0.6 is 11.3 Å². The monoisotopic (exact) mass is 323 g/mol. The Morgan fingerprint density at radius 2 is 1.81 bits per heavy atom. The van der Waals surface area contributed by atoms with Crippen LogP contribution in [0.1, 0.15) is 33.8 Å². The molecule has 1 unspecified atom stereocenters. The Labute approximate surface area is 130 Å². The minimum absolute atomic E-state index is 0.182. The van der Waals surface area contributed by atoms with Crippen molar-refractivity contribution in [3.63, 3.8) is 0 Å². The summed E-state index contributed by atoms with van der Waals surface area (Å²) in [6.45, 7) is 7.18. The third-order valence-electron chi connectivity index (χ3n) is 3.61. The minimum atomic E-state index is -3.12. The maximum absolute atomic E-state index is 11.4. The van der Waals surface area contributed by atoms with Gasteiger partial charge >= 0.3 is 0 Å². The summed E-state index contributed by atoms with van der Waals surface area (Å²) in [7, 11) is -3.12. The van der Waals surface area contributed by atoms with Crippen molar-refractivity contribution in [1.29, 1.82) is 0 Å². The molecule has 0 spiro atoms. The van der Waals surface area contributed by atoms with Gasteiger partial charge in [0, 0.05) is 28.6 Å². The van der Waals surface area contributed by atoms with Crippen LogP contribution in [0.5, 0.6) is 0 Å². The first kappa shape index (κ1) is 16.2. The predicted octanol–water partition coefficient (Wildman–Crippen LogP) is 3.62. The van der Waals surface area contributed by atoms with Crippen molar-refractivity contribution >= 4 is 21.2 Å². The van der Waals surface area contributed by atoms with E-state index in [0.717, 1.165) is 12.1 Å². The summed E-state index contributed by atoms with van der Waals surface area (Å²) in [6, 6.07) is 9.48. The maximum Gasteiger partial charge on any atom is 0.175 e. The fraction of sp³-hybridized carbons (Fsp3) is 0.375. The molecule has 0 fully saturated rings. The first-order valence-corrected chi connectivity index (χ1v) is 9.57. The number of rotatable bonds is 5. The molecule has 3 nitrogen and oxygen atoms in total. The van der Waals surface area contributed by atoms with Crippen molar-refractivity contribution in [3.05, 3.63) is 51.2 Å². The molecule has 0 aliphatic heterocycles. The molecule has 0 aliphatic rings. The molecule has 1 aromatic heterocycles. The van der Waals surface area contributed by atoms with Gasteiger partial charge in [-0.05, 0) is 50.1 Å². The average molecular weight is 323 g/mol. The highest BCUT2D eigenvalue weighted by Gasteiger charge is 2.10. The molecule has 2 rings (SSSR count). The lowest BCUT2D eigenvalue weighted by Crippen LogP contribution is -2.17. The highest BCUT2D eigenvalue weighted by atomic mass is 32.2. The Bertz CT molecular complexity index is 696. The number of thiophene rings is 1. The smallest absolute Gasteiger partial charge is 0.175 e. The molecule has 1 atom stereocenters. The van der Waals surface area contributed by atoms with Crippen LogP contribution in [0.15, 0.2) is 35.2 Å². The fourth-order valence-electron chi connectivity index (χ4n) is 2.11. The summed E-state index contributed by atoms with van der Waals surface area (Å²) in [5.41, 5.74) is 2.43. The average Bonchev–Trinajstić information content (AvgIpc) is 2.74. The van der Waals surface area contributed by atoms with Crippen molar-refractivity contribution in [2.75, 3.05) is 6.26 Å². The van der Waals surface area contributed by atoms with Crippen molar-refractivity contribution in [3.8, 4) is 0 Å². The number of benzene rings is 1. The third-order valence-corrected chi connectivity index (χ3v) is 5.89. The van der Waals surface area contributed by atoms with E-state index in [2.05, 4.69) is 32.2 Å². The first-order chi connectivity index (χ1) is 9.77. The molecule has 2 aromatic rings. The highest BCUT2D eigenvalue weighted by Crippen LogP contribution is 2.22. The summed E-state index contributed by atoms with van der Waals surface area (Å²) in [5.74, 6) is 0. The van der Waals surface area contributed by atoms with Crippen LogP contribution < -0.4 is 5.32 Å². The SMILES string of the molecule is Cc1cc(CNC(C)c2ccc(S(C)(=O)=O)cc2)sc1C. The van der Waals surface area contributed by atoms with E-state index in [-0.39, 0.29) is 6.04 Å². The summed E-state index contributed by atoms with van der Waals surface area (Å²) in [5, 5.41) is 3.47. The molecule has 1 aromatic carbocycles. The maximum atomic E-state index is 11.4. The standard InChI is InChI=1S/C16H21NO2S2/c1-11-9-15(20-13(11)3)10-17-12(2)14-5-7-16(8-6-14)21(4,18)19/h5-9,12,17H,10H2,1-4H3. The van der Waals surface area contributed by atoms with Gasteiger partial charge < -0.3 is 5.32 Å². The van der Waals surface area contributed by atoms with Crippen LogP contribution in [0.25, 0.3) is 0 Å². The van der Waals surface area contributed by atoms with Gasteiger partial charge in [-0.25, -0.2) is 8.42 Å². The van der Waals surface area contributed by atoms with E-state index in [0.29, 0.717) is 4.90 Å². The van der Waals surface area contributed by atoms with Crippen LogP contribution in [-0.2, 0) is 16.4 Å². The van der Waals surface area contributed by atoms with E-state index in [4.69, 9.17) is 0 Å². The van der Waals surface area contributed by atoms with Crippen LogP contribution in [0, 0.1) is 13.8 Å². The zero-order valence-corrected chi connectivity index (χ0v) is 14.4. The van der Waals surface area contributed by atoms with Crippen LogP contribution in [-0.4, -0.2) is 14.7 Å². The molecule has 0 radical (unpaired) electrons. The zero-order chi connectivity index (χ0) is 15.6. The van der Waals surface area contributed by atoms with Crippen LogP contribution in [0.4, 0.5) is 0 Å². The van der Waals surface area contributed by atoms with Crippen LogP contribution in [0.2, 0.25) is 0 Å². The van der Waals surface area contributed by atoms with E-state index >= 15 is 0 Å². The van der Waals surface area contributed by atoms with Crippen molar-refractivity contribution in [1.82, 2.24) is 5.32 Å². The second kappa shape index (κ2) is 6.30. The molecular weight excluding hydrogens is 302 g/mol. The lowest BCUT2D eigenvalue weighted by Gasteiger charge is -2.14. The Morgan fingerprint density at radius 1 is 1.19 bits per heavy atom. The Kier molecular flexibility index (Phi) is 4.86. The Hall–Kier alpha value is -1.17. The second-order valence-corrected chi connectivity index (χ2v) is 8.75. The van der Waals surface area contributed by atoms with Crippen molar-refractivity contribution < 1.29 is 8.42 Å². The van der Waals surface area contributed by atoms with E-state index in [1.54, 1.807) is 12.1 Å². The lowest BCUT2D eigenvalue weighted by molar-refractivity contribution is 0.578. The summed E-state index contributed by atoms with van der Waals surface area (Å²) in [6.07, 6.45) is 1.23. The molecule has 0 amide bonds. The first-order valence-electron chi connectivity index (χ1n) is 6.86. The fourth-order valence-corrected chi connectivity index (χ4v) is 3.75. The molecule has 0 saturated heterocycles. The summed E-state index contributed by atoms with van der Waals surface area (Å²) >= 11 is 1.82. The van der Waals surface area contributed by atoms with E-state index in [9.17, 15) is 8.42 Å². The van der Waals surface area contributed by atoms with Gasteiger partial charge in [-0.15, -0.1) is 11.3 Å². The molecular formula is C16H21NO2S2. The molecule has 0 bridgehead atoms. The number of hydrogen-bond donors (Lipinski definition) is 1. The normalized spacial score (nSPS) is 13.3. The van der Waals surface area contributed by atoms with Gasteiger partial charge in [0.05, 0.1) is 4.90 Å². The summed E-state index contributed by atoms with van der Waals surface area (Å²) in [4.78, 5) is 3.05. The number of hydrogen-bond acceptors (Lipinski definition) is 4. The minimum Gasteiger partial charge on any atom is -0.305 e. The highest BCUT2D eigenvalue weighted by molar-refractivity contribution is 7.90. The predicted molar refractivity (Wildman–Crippen MR) is 88.6 cm³/mol. The molecule has 0 aliphatic carbocycles. The molecule has 1 heterocycles. The number of sulfone groups is 1. The van der Waals surface area contributed by atoms with Gasteiger partial charge in [0.15, 0.2) is 9.84 Å². The Balaban J connectivity index is 2.01. The van der Waals surface area contributed by atoms with Gasteiger partial charge in [-0.2, -0.15) is 0 Å². The van der Waals surface area contributed by atoms with Gasteiger partial charge in [0.25, 0.3) is 0 Å². The Morgan fingerprint density at radius 3 is 2.29 bits per heavy atom. The van der Waals surface area contributed by atoms with Gasteiger partial charge in [0.1, 0.15) is 0 Å². The molecule has 5 heteroatoms. The lowest BCUT2D eigenvalue weighted by atomic mass is 10.1. The second-order valence-electron chi connectivity index (χ2n) is 5.40.